The minimum atomic E-state index is -0.225. The van der Waals surface area contributed by atoms with Gasteiger partial charge < -0.3 is 9.64 Å². The summed E-state index contributed by atoms with van der Waals surface area (Å²) in [6.45, 7) is 0.832. The van der Waals surface area contributed by atoms with E-state index >= 15 is 0 Å². The van der Waals surface area contributed by atoms with Crippen molar-refractivity contribution in [3.63, 3.8) is 0 Å². The lowest BCUT2D eigenvalue weighted by molar-refractivity contribution is -0.141. The number of ether oxygens (including phenoxy) is 1. The van der Waals surface area contributed by atoms with Gasteiger partial charge in [0.2, 0.25) is 0 Å². The number of benzene rings is 1. The normalized spacial score (nSPS) is 18.5. The lowest BCUT2D eigenvalue weighted by Gasteiger charge is -2.25. The summed E-state index contributed by atoms with van der Waals surface area (Å²) in [6.07, 6.45) is 3.58. The highest BCUT2D eigenvalue weighted by molar-refractivity contribution is 9.10. The predicted octanol–water partition coefficient (Wildman–Crippen LogP) is 3.14. The molecule has 1 aromatic carbocycles. The number of rotatable bonds is 2. The van der Waals surface area contributed by atoms with Crippen molar-refractivity contribution >= 4 is 38.5 Å². The van der Waals surface area contributed by atoms with Crippen molar-refractivity contribution in [3.05, 3.63) is 34.9 Å². The minimum Gasteiger partial charge on any atom is -0.467 e. The molecule has 1 fully saturated rings. The molecule has 1 aliphatic rings. The second-order valence-corrected chi connectivity index (χ2v) is 5.70. The molecule has 5 heteroatoms. The third-order valence-electron chi connectivity index (χ3n) is 3.73. The SMILES string of the molecule is COC(=O)C1CCCN1c1nccc2c(Br)cccc12. The summed E-state index contributed by atoms with van der Waals surface area (Å²) in [7, 11) is 1.44. The Labute approximate surface area is 125 Å². The smallest absolute Gasteiger partial charge is 0.328 e. The maximum atomic E-state index is 11.9. The Bertz CT molecular complexity index is 659. The number of aromatic nitrogens is 1. The standard InChI is InChI=1S/C15H15BrN2O2/c1-20-15(19)13-6-3-9-18(13)14-11-4-2-5-12(16)10(11)7-8-17-14/h2,4-5,7-8,13H,3,6,9H2,1H3. The Morgan fingerprint density at radius 2 is 2.25 bits per heavy atom. The Morgan fingerprint density at radius 3 is 3.05 bits per heavy atom. The van der Waals surface area contributed by atoms with Gasteiger partial charge in [0, 0.05) is 28.0 Å². The largest absolute Gasteiger partial charge is 0.467 e. The number of hydrogen-bond acceptors (Lipinski definition) is 4. The summed E-state index contributed by atoms with van der Waals surface area (Å²) >= 11 is 3.56. The fourth-order valence-electron chi connectivity index (χ4n) is 2.78. The van der Waals surface area contributed by atoms with Crippen LogP contribution in [-0.4, -0.2) is 30.6 Å². The van der Waals surface area contributed by atoms with Gasteiger partial charge in [0.1, 0.15) is 11.9 Å². The first-order chi connectivity index (χ1) is 9.72. The van der Waals surface area contributed by atoms with Crippen molar-refractivity contribution in [1.82, 2.24) is 4.98 Å². The molecule has 20 heavy (non-hydrogen) atoms. The summed E-state index contributed by atoms with van der Waals surface area (Å²) in [4.78, 5) is 18.5. The van der Waals surface area contributed by atoms with Crippen LogP contribution in [0.1, 0.15) is 12.8 Å². The van der Waals surface area contributed by atoms with Crippen LogP contribution >= 0.6 is 15.9 Å². The maximum absolute atomic E-state index is 11.9. The van der Waals surface area contributed by atoms with Gasteiger partial charge in [0.05, 0.1) is 7.11 Å². The lowest BCUT2D eigenvalue weighted by Crippen LogP contribution is -2.37. The van der Waals surface area contributed by atoms with E-state index in [0.717, 1.165) is 40.4 Å². The summed E-state index contributed by atoms with van der Waals surface area (Å²) in [5.41, 5.74) is 0. The molecule has 1 unspecified atom stereocenters. The average molecular weight is 335 g/mol. The van der Waals surface area contributed by atoms with E-state index in [2.05, 4.69) is 25.8 Å². The minimum absolute atomic E-state index is 0.184. The number of halogens is 1. The van der Waals surface area contributed by atoms with Crippen molar-refractivity contribution in [2.75, 3.05) is 18.6 Å². The van der Waals surface area contributed by atoms with Crippen LogP contribution in [0.5, 0.6) is 0 Å². The fourth-order valence-corrected chi connectivity index (χ4v) is 3.28. The monoisotopic (exact) mass is 334 g/mol. The zero-order valence-electron chi connectivity index (χ0n) is 11.2. The van der Waals surface area contributed by atoms with Gasteiger partial charge in [-0.05, 0) is 25.0 Å². The Morgan fingerprint density at radius 1 is 1.40 bits per heavy atom. The highest BCUT2D eigenvalue weighted by atomic mass is 79.9. The highest BCUT2D eigenvalue weighted by Gasteiger charge is 2.33. The first kappa shape index (κ1) is 13.4. The zero-order chi connectivity index (χ0) is 14.1. The molecule has 1 saturated heterocycles. The molecular formula is C15H15BrN2O2. The van der Waals surface area contributed by atoms with E-state index in [4.69, 9.17) is 4.74 Å². The van der Waals surface area contributed by atoms with Gasteiger partial charge >= 0.3 is 5.97 Å². The molecule has 0 N–H and O–H groups in total. The number of hydrogen-bond donors (Lipinski definition) is 0. The van der Waals surface area contributed by atoms with Gasteiger partial charge in [-0.25, -0.2) is 9.78 Å². The third-order valence-corrected chi connectivity index (χ3v) is 4.42. The van der Waals surface area contributed by atoms with Crippen molar-refractivity contribution in [1.29, 1.82) is 0 Å². The molecule has 0 radical (unpaired) electrons. The van der Waals surface area contributed by atoms with Gasteiger partial charge in [-0.15, -0.1) is 0 Å². The Hall–Kier alpha value is -1.62. The van der Waals surface area contributed by atoms with Crippen LogP contribution in [0, 0.1) is 0 Å². The quantitative estimate of drug-likeness (QED) is 0.791. The molecule has 3 rings (SSSR count). The van der Waals surface area contributed by atoms with Crippen molar-refractivity contribution < 1.29 is 9.53 Å². The van der Waals surface area contributed by atoms with Crippen LogP contribution in [0.25, 0.3) is 10.8 Å². The Balaban J connectivity index is 2.10. The molecule has 2 aromatic rings. The number of pyridine rings is 1. The van der Waals surface area contributed by atoms with Gasteiger partial charge in [-0.3, -0.25) is 0 Å². The van der Waals surface area contributed by atoms with E-state index in [9.17, 15) is 4.79 Å². The molecule has 2 heterocycles. The van der Waals surface area contributed by atoms with Crippen molar-refractivity contribution in [2.45, 2.75) is 18.9 Å². The molecule has 104 valence electrons. The van der Waals surface area contributed by atoms with Crippen LogP contribution in [0.15, 0.2) is 34.9 Å². The van der Waals surface area contributed by atoms with Crippen LogP contribution < -0.4 is 4.90 Å². The number of carbonyl (C=O) groups is 1. The first-order valence-electron chi connectivity index (χ1n) is 6.60. The van der Waals surface area contributed by atoms with Gasteiger partial charge in [-0.2, -0.15) is 0 Å². The van der Waals surface area contributed by atoms with Crippen LogP contribution in [0.2, 0.25) is 0 Å². The van der Waals surface area contributed by atoms with Gasteiger partial charge in [-0.1, -0.05) is 28.1 Å². The van der Waals surface area contributed by atoms with E-state index in [-0.39, 0.29) is 12.0 Å². The summed E-state index contributed by atoms with van der Waals surface area (Å²) in [5, 5.41) is 2.16. The number of fused-ring (bicyclic) bond motifs is 1. The molecule has 4 nitrogen and oxygen atoms in total. The topological polar surface area (TPSA) is 42.4 Å². The predicted molar refractivity (Wildman–Crippen MR) is 81.8 cm³/mol. The van der Waals surface area contributed by atoms with E-state index in [0.29, 0.717) is 0 Å². The second kappa shape index (κ2) is 5.40. The highest BCUT2D eigenvalue weighted by Crippen LogP contribution is 2.33. The second-order valence-electron chi connectivity index (χ2n) is 4.84. The maximum Gasteiger partial charge on any atom is 0.328 e. The van der Waals surface area contributed by atoms with Gasteiger partial charge in [0.25, 0.3) is 0 Å². The molecule has 0 spiro atoms. The number of anilines is 1. The number of carbonyl (C=O) groups excluding carboxylic acids is 1. The van der Waals surface area contributed by atoms with E-state index in [1.807, 2.05) is 24.3 Å². The molecule has 0 saturated carbocycles. The number of esters is 1. The first-order valence-corrected chi connectivity index (χ1v) is 7.39. The summed E-state index contributed by atoms with van der Waals surface area (Å²) < 4.78 is 5.94. The fraction of sp³-hybridized carbons (Fsp3) is 0.333. The molecule has 1 atom stereocenters. The molecule has 1 aliphatic heterocycles. The average Bonchev–Trinajstić information content (AvgIpc) is 2.95. The third kappa shape index (κ3) is 2.16. The summed E-state index contributed by atoms with van der Waals surface area (Å²) in [6, 6.07) is 7.78. The number of methoxy groups -OCH3 is 1. The van der Waals surface area contributed by atoms with E-state index in [1.165, 1.54) is 7.11 Å². The van der Waals surface area contributed by atoms with Crippen LogP contribution in [-0.2, 0) is 9.53 Å². The molecule has 0 amide bonds. The lowest BCUT2D eigenvalue weighted by atomic mass is 10.1. The summed E-state index contributed by atoms with van der Waals surface area (Å²) in [5.74, 6) is 0.674. The number of nitrogens with zero attached hydrogens (tertiary/aromatic N) is 2. The van der Waals surface area contributed by atoms with Crippen molar-refractivity contribution in [2.24, 2.45) is 0 Å². The molecule has 0 bridgehead atoms. The van der Waals surface area contributed by atoms with Crippen molar-refractivity contribution in [3.8, 4) is 0 Å². The van der Waals surface area contributed by atoms with Gasteiger partial charge in [0.15, 0.2) is 0 Å². The molecular weight excluding hydrogens is 320 g/mol. The van der Waals surface area contributed by atoms with E-state index in [1.54, 1.807) is 6.20 Å². The molecule has 1 aromatic heterocycles. The van der Waals surface area contributed by atoms with Crippen LogP contribution in [0.4, 0.5) is 5.82 Å². The van der Waals surface area contributed by atoms with E-state index < -0.39 is 0 Å². The zero-order valence-corrected chi connectivity index (χ0v) is 12.8. The Kier molecular flexibility index (Phi) is 3.61. The van der Waals surface area contributed by atoms with Crippen LogP contribution in [0.3, 0.4) is 0 Å². The molecule has 0 aliphatic carbocycles.